The zero-order valence-corrected chi connectivity index (χ0v) is 15.5. The van der Waals surface area contributed by atoms with E-state index in [4.69, 9.17) is 22.1 Å². The van der Waals surface area contributed by atoms with Crippen molar-refractivity contribution >= 4 is 23.3 Å². The van der Waals surface area contributed by atoms with Crippen LogP contribution in [0.3, 0.4) is 0 Å². The third-order valence-corrected chi connectivity index (χ3v) is 5.09. The second kappa shape index (κ2) is 7.09. The number of likely N-dealkylation sites (tertiary alicyclic amines) is 1. The number of aromatic nitrogens is 2. The van der Waals surface area contributed by atoms with Crippen LogP contribution in [0, 0.1) is 16.7 Å². The lowest BCUT2D eigenvalue weighted by atomic mass is 9.61. The fourth-order valence-corrected chi connectivity index (χ4v) is 3.53. The number of carbonyl (C=O) groups excluding carboxylic acids is 1. The van der Waals surface area contributed by atoms with Gasteiger partial charge in [-0.1, -0.05) is 11.6 Å². The van der Waals surface area contributed by atoms with Crippen molar-refractivity contribution in [3.8, 4) is 11.9 Å². The van der Waals surface area contributed by atoms with Crippen LogP contribution in [0.1, 0.15) is 12.8 Å². The number of nitrogens with two attached hydrogens (primary N) is 1. The molecule has 0 bridgehead atoms. The Bertz CT molecular complexity index is 774. The fourth-order valence-electron chi connectivity index (χ4n) is 3.39. The molecule has 1 saturated heterocycles. The first kappa shape index (κ1) is 18.4. The van der Waals surface area contributed by atoms with Gasteiger partial charge in [-0.15, -0.1) is 0 Å². The molecular formula is C17H21ClN6O2. The van der Waals surface area contributed by atoms with E-state index < -0.39 is 0 Å². The summed E-state index contributed by atoms with van der Waals surface area (Å²) < 4.78 is 5.79. The minimum Gasteiger partial charge on any atom is -0.473 e. The van der Waals surface area contributed by atoms with Crippen molar-refractivity contribution in [2.75, 3.05) is 39.5 Å². The molecule has 0 atom stereocenters. The van der Waals surface area contributed by atoms with E-state index in [9.17, 15) is 10.1 Å². The molecule has 1 aliphatic heterocycles. The summed E-state index contributed by atoms with van der Waals surface area (Å²) >= 11 is 6.04. The summed E-state index contributed by atoms with van der Waals surface area (Å²) in [6, 6.07) is 2.00. The van der Waals surface area contributed by atoms with Crippen LogP contribution in [0.2, 0.25) is 5.02 Å². The van der Waals surface area contributed by atoms with Crippen LogP contribution in [0.15, 0.2) is 18.0 Å². The van der Waals surface area contributed by atoms with E-state index in [2.05, 4.69) is 9.97 Å². The number of amides is 1. The number of hydrogen-bond donors (Lipinski definition) is 1. The Hall–Kier alpha value is -2.37. The Labute approximate surface area is 157 Å². The molecule has 0 unspecified atom stereocenters. The lowest BCUT2D eigenvalue weighted by Gasteiger charge is -2.58. The Kier molecular flexibility index (Phi) is 5.03. The molecule has 2 heterocycles. The predicted octanol–water partition coefficient (Wildman–Crippen LogP) is 1.09. The number of carbonyl (C=O) groups is 1. The second-order valence-corrected chi connectivity index (χ2v) is 7.56. The molecule has 2 aliphatic rings. The quantitative estimate of drug-likeness (QED) is 0.605. The van der Waals surface area contributed by atoms with Gasteiger partial charge >= 0.3 is 0 Å². The van der Waals surface area contributed by atoms with E-state index in [1.165, 1.54) is 6.33 Å². The number of halogens is 1. The molecular weight excluding hydrogens is 356 g/mol. The summed E-state index contributed by atoms with van der Waals surface area (Å²) in [5.74, 6) is 0.292. The van der Waals surface area contributed by atoms with Gasteiger partial charge in [0.15, 0.2) is 0 Å². The van der Waals surface area contributed by atoms with Gasteiger partial charge in [0.25, 0.3) is 5.91 Å². The smallest absolute Gasteiger partial charge is 0.264 e. The third kappa shape index (κ3) is 3.59. The van der Waals surface area contributed by atoms with Crippen LogP contribution in [-0.4, -0.2) is 65.5 Å². The monoisotopic (exact) mass is 376 g/mol. The van der Waals surface area contributed by atoms with E-state index in [0.717, 1.165) is 12.8 Å². The van der Waals surface area contributed by atoms with Crippen molar-refractivity contribution in [1.29, 1.82) is 5.26 Å². The van der Waals surface area contributed by atoms with Gasteiger partial charge in [0.2, 0.25) is 5.88 Å². The van der Waals surface area contributed by atoms with E-state index in [1.54, 1.807) is 11.0 Å². The van der Waals surface area contributed by atoms with E-state index in [-0.39, 0.29) is 33.8 Å². The summed E-state index contributed by atoms with van der Waals surface area (Å²) in [7, 11) is 3.78. The van der Waals surface area contributed by atoms with Crippen molar-refractivity contribution in [2.24, 2.45) is 5.41 Å². The average molecular weight is 377 g/mol. The van der Waals surface area contributed by atoms with Crippen LogP contribution in [0.4, 0.5) is 5.82 Å². The molecule has 9 heteroatoms. The number of likely N-dealkylation sites (N-methyl/N-ethyl adjacent to an activating group) is 1. The van der Waals surface area contributed by atoms with Crippen molar-refractivity contribution in [2.45, 2.75) is 18.9 Å². The Morgan fingerprint density at radius 1 is 1.54 bits per heavy atom. The van der Waals surface area contributed by atoms with Crippen molar-refractivity contribution in [3.05, 3.63) is 23.0 Å². The maximum Gasteiger partial charge on any atom is 0.264 e. The van der Waals surface area contributed by atoms with Gasteiger partial charge in [-0.2, -0.15) is 5.26 Å². The number of rotatable bonds is 5. The Morgan fingerprint density at radius 3 is 2.85 bits per heavy atom. The van der Waals surface area contributed by atoms with Gasteiger partial charge in [0, 0.05) is 25.0 Å². The average Bonchev–Trinajstić information content (AvgIpc) is 2.52. The molecule has 1 aromatic rings. The summed E-state index contributed by atoms with van der Waals surface area (Å²) in [4.78, 5) is 23.8. The molecule has 1 amide bonds. The number of nitriles is 1. The third-order valence-electron chi connectivity index (χ3n) is 4.74. The molecule has 1 spiro atoms. The van der Waals surface area contributed by atoms with Gasteiger partial charge in [-0.05, 0) is 33.0 Å². The highest BCUT2D eigenvalue weighted by molar-refractivity contribution is 6.34. The van der Waals surface area contributed by atoms with E-state index in [0.29, 0.717) is 25.5 Å². The molecule has 3 rings (SSSR count). The SMILES string of the molecule is CN(C)C/C=C(\C#N)C(=O)N1CC2(CC(Oc3ncnc(N)c3Cl)C2)C1. The second-order valence-electron chi connectivity index (χ2n) is 7.18. The first-order valence-corrected chi connectivity index (χ1v) is 8.68. The molecule has 138 valence electrons. The number of anilines is 1. The maximum absolute atomic E-state index is 12.4. The molecule has 8 nitrogen and oxygen atoms in total. The Morgan fingerprint density at radius 2 is 2.23 bits per heavy atom. The Balaban J connectivity index is 1.50. The highest BCUT2D eigenvalue weighted by Crippen LogP contribution is 2.50. The molecule has 26 heavy (non-hydrogen) atoms. The van der Waals surface area contributed by atoms with Gasteiger partial charge < -0.3 is 20.3 Å². The number of hydrogen-bond acceptors (Lipinski definition) is 7. The normalized spacial score (nSPS) is 19.0. The van der Waals surface area contributed by atoms with Crippen LogP contribution in [0.25, 0.3) is 0 Å². The van der Waals surface area contributed by atoms with Crippen molar-refractivity contribution in [1.82, 2.24) is 19.8 Å². The number of ether oxygens (including phenoxy) is 1. The van der Waals surface area contributed by atoms with Gasteiger partial charge in [0.1, 0.15) is 34.9 Å². The molecule has 1 aliphatic carbocycles. The van der Waals surface area contributed by atoms with Crippen LogP contribution in [-0.2, 0) is 4.79 Å². The molecule has 2 N–H and O–H groups in total. The molecule has 1 saturated carbocycles. The fraction of sp³-hybridized carbons (Fsp3) is 0.529. The zero-order valence-electron chi connectivity index (χ0n) is 14.8. The molecule has 0 aromatic carbocycles. The highest BCUT2D eigenvalue weighted by Gasteiger charge is 2.55. The first-order chi connectivity index (χ1) is 12.3. The number of nitrogen functional groups attached to an aromatic ring is 1. The van der Waals surface area contributed by atoms with Crippen LogP contribution < -0.4 is 10.5 Å². The van der Waals surface area contributed by atoms with Gasteiger partial charge in [-0.3, -0.25) is 4.79 Å². The first-order valence-electron chi connectivity index (χ1n) is 8.30. The largest absolute Gasteiger partial charge is 0.473 e. The lowest BCUT2D eigenvalue weighted by Crippen LogP contribution is -2.66. The standard InChI is InChI=1S/C17H21ClN6O2/c1-23(2)4-3-11(7-19)16(25)24-8-17(9-24)5-12(6-17)26-15-13(18)14(20)21-10-22-15/h3,10,12H,4-6,8-9H2,1-2H3,(H2,20,21,22)/b11-3+. The van der Waals surface area contributed by atoms with Crippen molar-refractivity contribution in [3.63, 3.8) is 0 Å². The summed E-state index contributed by atoms with van der Waals surface area (Å²) in [5, 5.41) is 9.42. The molecule has 1 aromatic heterocycles. The maximum atomic E-state index is 12.4. The minimum atomic E-state index is -0.198. The molecule has 2 fully saturated rings. The highest BCUT2D eigenvalue weighted by atomic mass is 35.5. The lowest BCUT2D eigenvalue weighted by molar-refractivity contribution is -0.156. The van der Waals surface area contributed by atoms with Gasteiger partial charge in [-0.25, -0.2) is 9.97 Å². The summed E-state index contributed by atoms with van der Waals surface area (Å²) in [5.41, 5.74) is 5.92. The number of nitrogens with zero attached hydrogens (tertiary/aromatic N) is 5. The minimum absolute atomic E-state index is 0.00114. The van der Waals surface area contributed by atoms with Crippen LogP contribution in [0.5, 0.6) is 5.88 Å². The van der Waals surface area contributed by atoms with E-state index in [1.807, 2.05) is 25.1 Å². The van der Waals surface area contributed by atoms with E-state index >= 15 is 0 Å². The summed E-state index contributed by atoms with van der Waals surface area (Å²) in [6.45, 7) is 1.85. The zero-order chi connectivity index (χ0) is 18.9. The molecule has 0 radical (unpaired) electrons. The topological polar surface area (TPSA) is 108 Å². The van der Waals surface area contributed by atoms with Gasteiger partial charge in [0.05, 0.1) is 0 Å². The predicted molar refractivity (Wildman–Crippen MR) is 96.4 cm³/mol. The summed E-state index contributed by atoms with van der Waals surface area (Å²) in [6.07, 6.45) is 4.62. The van der Waals surface area contributed by atoms with Crippen LogP contribution >= 0.6 is 11.6 Å². The van der Waals surface area contributed by atoms with Crippen molar-refractivity contribution < 1.29 is 9.53 Å².